The highest BCUT2D eigenvalue weighted by atomic mass is 32.1. The summed E-state index contributed by atoms with van der Waals surface area (Å²) < 4.78 is 4.29. The minimum Gasteiger partial charge on any atom is -0.386 e. The maximum absolute atomic E-state index is 9.88. The Kier molecular flexibility index (Phi) is 2.93. The zero-order valence-electron chi connectivity index (χ0n) is 9.23. The number of aromatic nitrogens is 2. The Hall–Kier alpha value is -0.680. The van der Waals surface area contributed by atoms with Crippen molar-refractivity contribution in [2.75, 3.05) is 18.0 Å². The van der Waals surface area contributed by atoms with Crippen LogP contribution in [0.1, 0.15) is 32.5 Å². The quantitative estimate of drug-likeness (QED) is 0.846. The second-order valence-electron chi connectivity index (χ2n) is 4.18. The lowest BCUT2D eigenvalue weighted by molar-refractivity contribution is 0.00849. The molecule has 0 atom stereocenters. The van der Waals surface area contributed by atoms with E-state index in [0.717, 1.165) is 30.2 Å². The lowest BCUT2D eigenvalue weighted by atomic mass is 9.92. The predicted molar refractivity (Wildman–Crippen MR) is 61.4 cm³/mol. The largest absolute Gasteiger partial charge is 0.386 e. The van der Waals surface area contributed by atoms with Crippen molar-refractivity contribution in [3.8, 4) is 0 Å². The minimum atomic E-state index is -0.489. The molecule has 1 aliphatic heterocycles. The normalized spacial score (nSPS) is 19.0. The first kappa shape index (κ1) is 10.8. The zero-order chi connectivity index (χ0) is 10.9. The van der Waals surface area contributed by atoms with Crippen LogP contribution in [0, 0.1) is 0 Å². The predicted octanol–water partition coefficient (Wildman–Crippen LogP) is 1.45. The van der Waals surface area contributed by atoms with Gasteiger partial charge in [0.25, 0.3) is 0 Å². The van der Waals surface area contributed by atoms with Gasteiger partial charge in [-0.3, -0.25) is 0 Å². The summed E-state index contributed by atoms with van der Waals surface area (Å²) in [6.45, 7) is 5.54. The summed E-state index contributed by atoms with van der Waals surface area (Å²) in [6.07, 6.45) is 2.83. The Bertz CT molecular complexity index is 333. The van der Waals surface area contributed by atoms with Crippen LogP contribution < -0.4 is 4.90 Å². The molecule has 0 unspecified atom stereocenters. The van der Waals surface area contributed by atoms with Crippen molar-refractivity contribution in [2.45, 2.75) is 38.7 Å². The molecule has 1 N–H and O–H groups in total. The SMILES string of the molecule is CCCc1nsc(N2CC(O)(CC)C2)n1. The molecule has 0 bridgehead atoms. The molecule has 1 aromatic rings. The van der Waals surface area contributed by atoms with Gasteiger partial charge in [-0.05, 0) is 12.8 Å². The number of anilines is 1. The Labute approximate surface area is 94.1 Å². The lowest BCUT2D eigenvalue weighted by Gasteiger charge is -2.45. The van der Waals surface area contributed by atoms with E-state index in [4.69, 9.17) is 0 Å². The van der Waals surface area contributed by atoms with Gasteiger partial charge in [0.05, 0.1) is 18.7 Å². The highest BCUT2D eigenvalue weighted by molar-refractivity contribution is 7.09. The molecule has 0 saturated carbocycles. The van der Waals surface area contributed by atoms with Crippen LogP contribution in [0.3, 0.4) is 0 Å². The number of rotatable bonds is 4. The smallest absolute Gasteiger partial charge is 0.205 e. The van der Waals surface area contributed by atoms with Gasteiger partial charge in [0.1, 0.15) is 5.82 Å². The second-order valence-corrected chi connectivity index (χ2v) is 4.91. The van der Waals surface area contributed by atoms with E-state index in [1.165, 1.54) is 11.5 Å². The number of hydrogen-bond acceptors (Lipinski definition) is 5. The van der Waals surface area contributed by atoms with Crippen molar-refractivity contribution in [1.29, 1.82) is 0 Å². The van der Waals surface area contributed by atoms with Crippen LogP contribution in [-0.4, -0.2) is 33.2 Å². The topological polar surface area (TPSA) is 49.2 Å². The minimum absolute atomic E-state index is 0.489. The van der Waals surface area contributed by atoms with Crippen molar-refractivity contribution in [2.24, 2.45) is 0 Å². The van der Waals surface area contributed by atoms with Crippen LogP contribution in [0.25, 0.3) is 0 Å². The van der Waals surface area contributed by atoms with Gasteiger partial charge in [0.2, 0.25) is 5.13 Å². The van der Waals surface area contributed by atoms with Crippen LogP contribution in [0.15, 0.2) is 0 Å². The summed E-state index contributed by atoms with van der Waals surface area (Å²) in [5, 5.41) is 10.8. The summed E-state index contributed by atoms with van der Waals surface area (Å²) >= 11 is 1.44. The molecule has 5 heteroatoms. The Morgan fingerprint density at radius 3 is 2.80 bits per heavy atom. The fraction of sp³-hybridized carbons (Fsp3) is 0.800. The summed E-state index contributed by atoms with van der Waals surface area (Å²) in [7, 11) is 0. The molecule has 0 amide bonds. The summed E-state index contributed by atoms with van der Waals surface area (Å²) in [5.41, 5.74) is -0.489. The van der Waals surface area contributed by atoms with Crippen LogP contribution in [0.5, 0.6) is 0 Å². The molecule has 84 valence electrons. The molecular weight excluding hydrogens is 210 g/mol. The van der Waals surface area contributed by atoms with Crippen LogP contribution in [-0.2, 0) is 6.42 Å². The van der Waals surface area contributed by atoms with Crippen LogP contribution in [0.4, 0.5) is 5.13 Å². The maximum atomic E-state index is 9.88. The van der Waals surface area contributed by atoms with E-state index in [2.05, 4.69) is 21.2 Å². The second kappa shape index (κ2) is 4.06. The number of aryl methyl sites for hydroxylation is 1. The van der Waals surface area contributed by atoms with Gasteiger partial charge >= 0.3 is 0 Å². The van der Waals surface area contributed by atoms with Gasteiger partial charge in [-0.1, -0.05) is 13.8 Å². The molecule has 1 aromatic heterocycles. The van der Waals surface area contributed by atoms with Crippen molar-refractivity contribution in [3.05, 3.63) is 5.82 Å². The van der Waals surface area contributed by atoms with Crippen molar-refractivity contribution in [3.63, 3.8) is 0 Å². The third-order valence-corrected chi connectivity index (χ3v) is 3.64. The number of aliphatic hydroxyl groups is 1. The van der Waals surface area contributed by atoms with Crippen LogP contribution in [0.2, 0.25) is 0 Å². The third-order valence-electron chi connectivity index (χ3n) is 2.83. The van der Waals surface area contributed by atoms with Crippen LogP contribution >= 0.6 is 11.5 Å². The summed E-state index contributed by atoms with van der Waals surface area (Å²) in [5.74, 6) is 0.935. The molecule has 0 spiro atoms. The highest BCUT2D eigenvalue weighted by Crippen LogP contribution is 2.30. The first-order valence-electron chi connectivity index (χ1n) is 5.47. The maximum Gasteiger partial charge on any atom is 0.205 e. The van der Waals surface area contributed by atoms with Gasteiger partial charge in [-0.25, -0.2) is 4.98 Å². The van der Waals surface area contributed by atoms with Crippen molar-refractivity contribution >= 4 is 16.7 Å². The average Bonchev–Trinajstić information content (AvgIpc) is 2.62. The van der Waals surface area contributed by atoms with Gasteiger partial charge < -0.3 is 10.0 Å². The molecular formula is C10H17N3OS. The molecule has 1 fully saturated rings. The first-order valence-corrected chi connectivity index (χ1v) is 6.24. The molecule has 0 radical (unpaired) electrons. The molecule has 0 aromatic carbocycles. The highest BCUT2D eigenvalue weighted by Gasteiger charge is 2.40. The van der Waals surface area contributed by atoms with E-state index in [-0.39, 0.29) is 0 Å². The molecule has 0 aliphatic carbocycles. The van der Waals surface area contributed by atoms with Gasteiger partial charge in [-0.15, -0.1) is 0 Å². The van der Waals surface area contributed by atoms with Crippen molar-refractivity contribution < 1.29 is 5.11 Å². The third kappa shape index (κ3) is 2.13. The number of β-amino-alcohol motifs (C(OH)–C–C–N with tert-alkyl or cyclic N) is 1. The molecule has 15 heavy (non-hydrogen) atoms. The first-order chi connectivity index (χ1) is 7.17. The van der Waals surface area contributed by atoms with E-state index < -0.39 is 5.60 Å². The van der Waals surface area contributed by atoms with Gasteiger partial charge in [0.15, 0.2) is 0 Å². The van der Waals surface area contributed by atoms with E-state index in [9.17, 15) is 5.11 Å². The van der Waals surface area contributed by atoms with E-state index in [0.29, 0.717) is 13.1 Å². The fourth-order valence-corrected chi connectivity index (χ4v) is 2.43. The van der Waals surface area contributed by atoms with Crippen molar-refractivity contribution in [1.82, 2.24) is 9.36 Å². The Morgan fingerprint density at radius 1 is 1.47 bits per heavy atom. The van der Waals surface area contributed by atoms with Gasteiger partial charge in [0, 0.05) is 18.0 Å². The van der Waals surface area contributed by atoms with E-state index >= 15 is 0 Å². The average molecular weight is 227 g/mol. The van der Waals surface area contributed by atoms with Gasteiger partial charge in [-0.2, -0.15) is 4.37 Å². The lowest BCUT2D eigenvalue weighted by Crippen LogP contribution is -2.61. The molecule has 4 nitrogen and oxygen atoms in total. The molecule has 1 aliphatic rings. The zero-order valence-corrected chi connectivity index (χ0v) is 10.0. The summed E-state index contributed by atoms with van der Waals surface area (Å²) in [6, 6.07) is 0. The number of nitrogens with zero attached hydrogens (tertiary/aromatic N) is 3. The monoisotopic (exact) mass is 227 g/mol. The standard InChI is InChI=1S/C10H17N3OS/c1-3-5-8-11-9(15-12-8)13-6-10(14,4-2)7-13/h14H,3-7H2,1-2H3. The fourth-order valence-electron chi connectivity index (χ4n) is 1.72. The van der Waals surface area contributed by atoms with E-state index in [1.807, 2.05) is 6.92 Å². The Balaban J connectivity index is 1.95. The molecule has 2 heterocycles. The molecule has 1 saturated heterocycles. The summed E-state index contributed by atoms with van der Waals surface area (Å²) in [4.78, 5) is 6.54. The number of hydrogen-bond donors (Lipinski definition) is 1. The Morgan fingerprint density at radius 2 is 2.20 bits per heavy atom. The molecule has 2 rings (SSSR count). The van der Waals surface area contributed by atoms with E-state index in [1.54, 1.807) is 0 Å².